The minimum atomic E-state index is -0.655. The maximum Gasteiger partial charge on any atom is 0.243 e. The van der Waals surface area contributed by atoms with Crippen LogP contribution < -0.4 is 5.73 Å². The van der Waals surface area contributed by atoms with Gasteiger partial charge >= 0.3 is 0 Å². The summed E-state index contributed by atoms with van der Waals surface area (Å²) in [5, 5.41) is 7.22. The fourth-order valence-corrected chi connectivity index (χ4v) is 3.06. The molecule has 28 heavy (non-hydrogen) atoms. The van der Waals surface area contributed by atoms with Crippen molar-refractivity contribution in [2.45, 2.75) is 25.8 Å². The van der Waals surface area contributed by atoms with Crippen molar-refractivity contribution < 1.29 is 9.18 Å². The van der Waals surface area contributed by atoms with Crippen LogP contribution >= 0.6 is 0 Å². The molecule has 0 fully saturated rings. The molecule has 1 heterocycles. The van der Waals surface area contributed by atoms with Gasteiger partial charge < -0.3 is 10.6 Å². The molecule has 0 saturated carbocycles. The predicted molar refractivity (Wildman–Crippen MR) is 108 cm³/mol. The number of benzene rings is 2. The summed E-state index contributed by atoms with van der Waals surface area (Å²) >= 11 is 0. The third-order valence-corrected chi connectivity index (χ3v) is 4.77. The van der Waals surface area contributed by atoms with Crippen molar-refractivity contribution in [2.75, 3.05) is 13.6 Å². The Labute approximate surface area is 164 Å². The highest BCUT2D eigenvalue weighted by molar-refractivity contribution is 5.82. The molecule has 0 saturated heterocycles. The minimum absolute atomic E-state index is 0.103. The number of aromatic nitrogens is 2. The van der Waals surface area contributed by atoms with E-state index in [1.807, 2.05) is 43.3 Å². The molecule has 0 spiro atoms. The summed E-state index contributed by atoms with van der Waals surface area (Å²) in [5.41, 5.74) is 10.5. The number of H-pyrrole nitrogens is 1. The number of hydrogen-bond donors (Lipinski definition) is 2. The van der Waals surface area contributed by atoms with Crippen LogP contribution in [-0.2, 0) is 11.2 Å². The van der Waals surface area contributed by atoms with E-state index in [0.717, 1.165) is 35.2 Å². The van der Waals surface area contributed by atoms with Crippen molar-refractivity contribution >= 4 is 5.91 Å². The second-order valence-electron chi connectivity index (χ2n) is 7.04. The van der Waals surface area contributed by atoms with Gasteiger partial charge in [0.15, 0.2) is 0 Å². The fraction of sp³-hybridized carbons (Fsp3) is 0.273. The van der Waals surface area contributed by atoms with Gasteiger partial charge in [-0.15, -0.1) is 0 Å². The third kappa shape index (κ3) is 4.84. The molecule has 0 aliphatic rings. The number of aryl methyl sites for hydroxylation is 2. The highest BCUT2D eigenvalue weighted by Gasteiger charge is 2.19. The molecule has 1 unspecified atom stereocenters. The summed E-state index contributed by atoms with van der Waals surface area (Å²) in [6.45, 7) is 2.59. The van der Waals surface area contributed by atoms with Gasteiger partial charge in [0.1, 0.15) is 11.9 Å². The molecular formula is C22H25FN4O. The normalized spacial score (nSPS) is 12.0. The van der Waals surface area contributed by atoms with Gasteiger partial charge in [-0.05, 0) is 43.5 Å². The number of halogens is 1. The van der Waals surface area contributed by atoms with Gasteiger partial charge in [-0.25, -0.2) is 4.39 Å². The van der Waals surface area contributed by atoms with Gasteiger partial charge in [0.25, 0.3) is 0 Å². The lowest BCUT2D eigenvalue weighted by Crippen LogP contribution is -2.36. The SMILES string of the molecule is Cc1ccc(C(N)C(=O)N(C)CCCc2cc(-c3cccc(F)c3)n[nH]2)cc1. The number of nitrogens with two attached hydrogens (primary N) is 1. The zero-order valence-corrected chi connectivity index (χ0v) is 16.2. The second-order valence-corrected chi connectivity index (χ2v) is 7.04. The molecule has 6 heteroatoms. The number of likely N-dealkylation sites (N-methyl/N-ethyl adjacent to an activating group) is 1. The summed E-state index contributed by atoms with van der Waals surface area (Å²) in [4.78, 5) is 14.2. The first-order valence-corrected chi connectivity index (χ1v) is 9.31. The van der Waals surface area contributed by atoms with Crippen molar-refractivity contribution in [3.63, 3.8) is 0 Å². The van der Waals surface area contributed by atoms with Crippen molar-refractivity contribution in [3.05, 3.63) is 77.2 Å². The van der Waals surface area contributed by atoms with Crippen LogP contribution in [0, 0.1) is 12.7 Å². The largest absolute Gasteiger partial charge is 0.344 e. The molecule has 3 aromatic rings. The molecule has 0 aliphatic carbocycles. The molecule has 0 bridgehead atoms. The zero-order chi connectivity index (χ0) is 20.1. The molecule has 5 nitrogen and oxygen atoms in total. The fourth-order valence-electron chi connectivity index (χ4n) is 3.06. The van der Waals surface area contributed by atoms with Crippen LogP contribution in [0.1, 0.15) is 29.3 Å². The highest BCUT2D eigenvalue weighted by atomic mass is 19.1. The molecule has 3 N–H and O–H groups in total. The minimum Gasteiger partial charge on any atom is -0.344 e. The number of carbonyl (C=O) groups is 1. The molecule has 1 aromatic heterocycles. The van der Waals surface area contributed by atoms with Crippen LogP contribution in [0.15, 0.2) is 54.6 Å². The van der Waals surface area contributed by atoms with Gasteiger partial charge in [0.2, 0.25) is 5.91 Å². The Hall–Kier alpha value is -2.99. The molecule has 3 rings (SSSR count). The van der Waals surface area contributed by atoms with Crippen LogP contribution in [0.3, 0.4) is 0 Å². The number of hydrogen-bond acceptors (Lipinski definition) is 3. The molecular weight excluding hydrogens is 355 g/mol. The lowest BCUT2D eigenvalue weighted by molar-refractivity contribution is -0.131. The van der Waals surface area contributed by atoms with Gasteiger partial charge in [-0.3, -0.25) is 9.89 Å². The predicted octanol–water partition coefficient (Wildman–Crippen LogP) is 3.62. The first-order chi connectivity index (χ1) is 13.4. The third-order valence-electron chi connectivity index (χ3n) is 4.77. The van der Waals surface area contributed by atoms with Crippen LogP contribution in [0.5, 0.6) is 0 Å². The van der Waals surface area contributed by atoms with Gasteiger partial charge in [-0.2, -0.15) is 5.10 Å². The molecule has 146 valence electrons. The van der Waals surface area contributed by atoms with Crippen LogP contribution in [0.2, 0.25) is 0 Å². The van der Waals surface area contributed by atoms with Crippen molar-refractivity contribution in [1.29, 1.82) is 0 Å². The van der Waals surface area contributed by atoms with E-state index in [-0.39, 0.29) is 11.7 Å². The van der Waals surface area contributed by atoms with E-state index in [1.54, 1.807) is 18.0 Å². The van der Waals surface area contributed by atoms with E-state index in [4.69, 9.17) is 5.73 Å². The van der Waals surface area contributed by atoms with E-state index in [9.17, 15) is 9.18 Å². The number of nitrogens with one attached hydrogen (secondary N) is 1. The van der Waals surface area contributed by atoms with Gasteiger partial charge in [-0.1, -0.05) is 42.0 Å². The number of amides is 1. The van der Waals surface area contributed by atoms with Crippen molar-refractivity contribution in [3.8, 4) is 11.3 Å². The number of aromatic amines is 1. The summed E-state index contributed by atoms with van der Waals surface area (Å²) < 4.78 is 13.3. The maximum absolute atomic E-state index is 13.3. The van der Waals surface area contributed by atoms with E-state index in [2.05, 4.69) is 10.2 Å². The zero-order valence-electron chi connectivity index (χ0n) is 16.2. The summed E-state index contributed by atoms with van der Waals surface area (Å²) in [5.74, 6) is -0.388. The standard InChI is InChI=1S/C22H25FN4O/c1-15-8-10-16(11-9-15)21(24)22(28)27(2)12-4-7-19-14-20(26-25-19)17-5-3-6-18(23)13-17/h3,5-6,8-11,13-14,21H,4,7,12,24H2,1-2H3,(H,25,26). The molecule has 1 atom stereocenters. The average Bonchev–Trinajstić information content (AvgIpc) is 3.16. The summed E-state index contributed by atoms with van der Waals surface area (Å²) in [7, 11) is 1.77. The van der Waals surface area contributed by atoms with E-state index >= 15 is 0 Å². The topological polar surface area (TPSA) is 75.0 Å². The maximum atomic E-state index is 13.3. The lowest BCUT2D eigenvalue weighted by Gasteiger charge is -2.21. The molecule has 0 aliphatic heterocycles. The van der Waals surface area contributed by atoms with Crippen molar-refractivity contribution in [2.24, 2.45) is 5.73 Å². The van der Waals surface area contributed by atoms with Crippen LogP contribution in [0.4, 0.5) is 4.39 Å². The highest BCUT2D eigenvalue weighted by Crippen LogP contribution is 2.19. The monoisotopic (exact) mass is 380 g/mol. The number of carbonyl (C=O) groups excluding carboxylic acids is 1. The Morgan fingerprint density at radius 3 is 2.68 bits per heavy atom. The number of nitrogens with zero attached hydrogens (tertiary/aromatic N) is 2. The lowest BCUT2D eigenvalue weighted by atomic mass is 10.0. The van der Waals surface area contributed by atoms with Crippen LogP contribution in [0.25, 0.3) is 11.3 Å². The van der Waals surface area contributed by atoms with Gasteiger partial charge in [0, 0.05) is 24.8 Å². The molecule has 1 amide bonds. The average molecular weight is 380 g/mol. The van der Waals surface area contributed by atoms with Gasteiger partial charge in [0.05, 0.1) is 5.69 Å². The Balaban J connectivity index is 1.52. The first-order valence-electron chi connectivity index (χ1n) is 9.31. The Kier molecular flexibility index (Phi) is 6.21. The van der Waals surface area contributed by atoms with E-state index < -0.39 is 6.04 Å². The molecule has 0 radical (unpaired) electrons. The Morgan fingerprint density at radius 2 is 1.96 bits per heavy atom. The summed E-state index contributed by atoms with van der Waals surface area (Å²) in [6.07, 6.45) is 1.51. The summed E-state index contributed by atoms with van der Waals surface area (Å²) in [6, 6.07) is 15.3. The Bertz CT molecular complexity index is 936. The Morgan fingerprint density at radius 1 is 1.21 bits per heavy atom. The van der Waals surface area contributed by atoms with Crippen molar-refractivity contribution in [1.82, 2.24) is 15.1 Å². The molecule has 2 aromatic carbocycles. The first kappa shape index (κ1) is 19.8. The smallest absolute Gasteiger partial charge is 0.243 e. The van der Waals surface area contributed by atoms with Crippen LogP contribution in [-0.4, -0.2) is 34.6 Å². The quantitative estimate of drug-likeness (QED) is 0.657. The van der Waals surface area contributed by atoms with E-state index in [1.165, 1.54) is 12.1 Å². The second kappa shape index (κ2) is 8.80. The van der Waals surface area contributed by atoms with E-state index in [0.29, 0.717) is 12.2 Å². The number of rotatable bonds is 7.